The van der Waals surface area contributed by atoms with Crippen LogP contribution in [0.5, 0.6) is 0 Å². The Morgan fingerprint density at radius 2 is 1.78 bits per heavy atom. The van der Waals surface area contributed by atoms with Crippen LogP contribution in [0.2, 0.25) is 0 Å². The summed E-state index contributed by atoms with van der Waals surface area (Å²) in [6.45, 7) is 19.0. The third-order valence-corrected chi connectivity index (χ3v) is 5.78. The van der Waals surface area contributed by atoms with E-state index in [2.05, 4.69) is 32.7 Å². The second kappa shape index (κ2) is 12.6. The molecule has 0 saturated carbocycles. The van der Waals surface area contributed by atoms with Gasteiger partial charge >= 0.3 is 0 Å². The fourth-order valence-electron chi connectivity index (χ4n) is 4.21. The van der Waals surface area contributed by atoms with E-state index in [4.69, 9.17) is 0 Å². The van der Waals surface area contributed by atoms with E-state index in [1.54, 1.807) is 6.07 Å². The minimum atomic E-state index is -0.664. The van der Waals surface area contributed by atoms with Crippen molar-refractivity contribution in [2.75, 3.05) is 11.9 Å². The largest absolute Gasteiger partial charge is 0.384 e. The van der Waals surface area contributed by atoms with Gasteiger partial charge in [0, 0.05) is 36.3 Å². The molecule has 0 saturated heterocycles. The van der Waals surface area contributed by atoms with Gasteiger partial charge in [0.2, 0.25) is 0 Å². The van der Waals surface area contributed by atoms with Crippen molar-refractivity contribution in [3.05, 3.63) is 35.9 Å². The molecule has 1 heterocycles. The second-order valence-corrected chi connectivity index (χ2v) is 9.07. The molecular weight excluding hydrogens is 400 g/mol. The van der Waals surface area contributed by atoms with Gasteiger partial charge in [-0.25, -0.2) is 0 Å². The number of carbonyl (C=O) groups is 3. The summed E-state index contributed by atoms with van der Waals surface area (Å²) in [6, 6.07) is 4.93. The predicted molar refractivity (Wildman–Crippen MR) is 134 cm³/mol. The van der Waals surface area contributed by atoms with Crippen molar-refractivity contribution >= 4 is 28.9 Å². The maximum absolute atomic E-state index is 13.2. The average Bonchev–Trinajstić information content (AvgIpc) is 2.99. The van der Waals surface area contributed by atoms with Crippen LogP contribution in [0.1, 0.15) is 103 Å². The number of fused-ring (bicyclic) bond motifs is 1. The van der Waals surface area contributed by atoms with Crippen LogP contribution in [-0.2, 0) is 9.59 Å². The maximum Gasteiger partial charge on any atom is 0.259 e. The van der Waals surface area contributed by atoms with E-state index in [0.717, 1.165) is 37.1 Å². The molecule has 1 amide bonds. The number of hydrogen-bond acceptors (Lipinski definition) is 4. The van der Waals surface area contributed by atoms with Crippen LogP contribution in [0.4, 0.5) is 5.69 Å². The summed E-state index contributed by atoms with van der Waals surface area (Å²) >= 11 is 0. The summed E-state index contributed by atoms with van der Waals surface area (Å²) in [5, 5.41) is 3.50. The number of anilines is 1. The maximum atomic E-state index is 13.2. The number of Topliss-reactive ketones (excluding diaryl/α,β-unsaturated/α-hetero) is 2. The fourth-order valence-corrected chi connectivity index (χ4v) is 4.21. The van der Waals surface area contributed by atoms with E-state index in [-0.39, 0.29) is 22.9 Å². The molecular formula is C27H42N2O3. The Bertz CT molecular complexity index is 826. The molecule has 0 radical (unpaired) electrons. The quantitative estimate of drug-likeness (QED) is 0.402. The summed E-state index contributed by atoms with van der Waals surface area (Å²) < 4.78 is 0. The van der Waals surface area contributed by atoms with Crippen molar-refractivity contribution in [2.24, 2.45) is 5.41 Å². The highest BCUT2D eigenvalue weighted by Crippen LogP contribution is 2.39. The number of amides is 1. The lowest BCUT2D eigenvalue weighted by Gasteiger charge is -2.28. The fraction of sp³-hybridized carbons (Fsp3) is 0.593. The van der Waals surface area contributed by atoms with Gasteiger partial charge in [-0.15, -0.1) is 0 Å². The Balaban J connectivity index is 0.00000249. The van der Waals surface area contributed by atoms with Crippen LogP contribution in [0, 0.1) is 5.41 Å². The minimum Gasteiger partial charge on any atom is -0.384 e. The first-order valence-electron chi connectivity index (χ1n) is 12.0. The van der Waals surface area contributed by atoms with E-state index in [1.165, 1.54) is 11.8 Å². The lowest BCUT2D eigenvalue weighted by Crippen LogP contribution is -2.40. The van der Waals surface area contributed by atoms with Gasteiger partial charge in [-0.1, -0.05) is 60.6 Å². The van der Waals surface area contributed by atoms with Crippen LogP contribution < -0.4 is 5.32 Å². The zero-order valence-corrected chi connectivity index (χ0v) is 21.1. The third-order valence-electron chi connectivity index (χ3n) is 5.78. The van der Waals surface area contributed by atoms with Gasteiger partial charge < -0.3 is 5.32 Å². The van der Waals surface area contributed by atoms with E-state index in [0.29, 0.717) is 30.5 Å². The van der Waals surface area contributed by atoms with Crippen molar-refractivity contribution in [3.63, 3.8) is 0 Å². The molecule has 0 fully saturated rings. The van der Waals surface area contributed by atoms with Crippen molar-refractivity contribution in [3.8, 4) is 0 Å². The van der Waals surface area contributed by atoms with Crippen molar-refractivity contribution in [2.45, 2.75) is 93.0 Å². The molecule has 5 nitrogen and oxygen atoms in total. The Morgan fingerprint density at radius 3 is 2.34 bits per heavy atom. The van der Waals surface area contributed by atoms with Crippen LogP contribution in [0.25, 0.3) is 5.70 Å². The number of nitrogens with one attached hydrogen (secondary N) is 1. The number of ketones is 2. The number of rotatable bonds is 12. The summed E-state index contributed by atoms with van der Waals surface area (Å²) in [5.41, 5.74) is 2.85. The molecule has 1 unspecified atom stereocenters. The molecule has 5 heteroatoms. The van der Waals surface area contributed by atoms with Crippen LogP contribution in [0.3, 0.4) is 0 Å². The number of benzene rings is 1. The molecule has 1 aliphatic rings. The molecule has 1 aromatic carbocycles. The molecule has 1 aromatic rings. The van der Waals surface area contributed by atoms with E-state index < -0.39 is 6.04 Å². The zero-order valence-electron chi connectivity index (χ0n) is 21.1. The summed E-state index contributed by atoms with van der Waals surface area (Å²) in [4.78, 5) is 39.1. The lowest BCUT2D eigenvalue weighted by atomic mass is 9.88. The summed E-state index contributed by atoms with van der Waals surface area (Å²) in [6.07, 6.45) is 4.12. The Kier molecular flexibility index (Phi) is 10.8. The second-order valence-electron chi connectivity index (χ2n) is 9.07. The van der Waals surface area contributed by atoms with Gasteiger partial charge in [0.1, 0.15) is 5.78 Å². The molecule has 1 aliphatic heterocycles. The molecule has 1 N–H and O–H groups in total. The Hall–Kier alpha value is -2.43. The van der Waals surface area contributed by atoms with E-state index >= 15 is 0 Å². The monoisotopic (exact) mass is 442 g/mol. The zero-order chi connectivity index (χ0) is 24.5. The molecule has 0 bridgehead atoms. The smallest absolute Gasteiger partial charge is 0.259 e. The highest BCUT2D eigenvalue weighted by Gasteiger charge is 2.39. The first kappa shape index (κ1) is 27.6. The molecule has 1 atom stereocenters. The van der Waals surface area contributed by atoms with Crippen molar-refractivity contribution in [1.29, 1.82) is 0 Å². The highest BCUT2D eigenvalue weighted by molar-refractivity contribution is 6.13. The molecule has 2 rings (SSSR count). The van der Waals surface area contributed by atoms with E-state index in [9.17, 15) is 14.4 Å². The van der Waals surface area contributed by atoms with Crippen LogP contribution in [0.15, 0.2) is 24.8 Å². The van der Waals surface area contributed by atoms with Crippen LogP contribution in [-0.4, -0.2) is 35.0 Å². The van der Waals surface area contributed by atoms with Crippen molar-refractivity contribution < 1.29 is 14.4 Å². The normalized spacial score (nSPS) is 13.9. The summed E-state index contributed by atoms with van der Waals surface area (Å²) in [5.74, 6) is -0.214. The van der Waals surface area contributed by atoms with Gasteiger partial charge in [0.05, 0.1) is 11.6 Å². The molecule has 0 aromatic heterocycles. The standard InChI is InChI=1S/C25H36N2O3.C2H6/c1-7-10-19(29)13-14-22(18(4)28)27-17(3)23-20(24(27)30)11-9-12-21(23)26-16-25(5,6)15-8-2;1-2/h9,11-12,22,26H,3,7-8,10,13-16H2,1-2,4-6H3;1-2H3. The van der Waals surface area contributed by atoms with Crippen molar-refractivity contribution in [1.82, 2.24) is 4.90 Å². The van der Waals surface area contributed by atoms with Gasteiger partial charge in [-0.3, -0.25) is 19.3 Å². The number of carbonyl (C=O) groups excluding carboxylic acids is 3. The SMILES string of the molecule is C=C1c2c(NCC(C)(C)CCC)cccc2C(=O)N1C(CCC(=O)CCC)C(C)=O.CC. The van der Waals surface area contributed by atoms with Crippen LogP contribution >= 0.6 is 0 Å². The molecule has 0 aliphatic carbocycles. The topological polar surface area (TPSA) is 66.5 Å². The Labute approximate surface area is 194 Å². The number of hydrogen-bond donors (Lipinski definition) is 1. The highest BCUT2D eigenvalue weighted by atomic mass is 16.2. The first-order valence-corrected chi connectivity index (χ1v) is 12.0. The minimum absolute atomic E-state index is 0.124. The predicted octanol–water partition coefficient (Wildman–Crippen LogP) is 6.48. The molecule has 32 heavy (non-hydrogen) atoms. The van der Waals surface area contributed by atoms with Gasteiger partial charge in [-0.2, -0.15) is 0 Å². The Morgan fingerprint density at radius 1 is 1.12 bits per heavy atom. The van der Waals surface area contributed by atoms with E-state index in [1.807, 2.05) is 32.9 Å². The molecule has 0 spiro atoms. The third kappa shape index (κ3) is 6.78. The average molecular weight is 443 g/mol. The van der Waals surface area contributed by atoms with Gasteiger partial charge in [-0.05, 0) is 43.7 Å². The summed E-state index contributed by atoms with van der Waals surface area (Å²) in [7, 11) is 0. The molecule has 178 valence electrons. The lowest BCUT2D eigenvalue weighted by molar-refractivity contribution is -0.122. The first-order chi connectivity index (χ1) is 15.1. The van der Waals surface area contributed by atoms with Gasteiger partial charge in [0.15, 0.2) is 5.78 Å². The van der Waals surface area contributed by atoms with Gasteiger partial charge in [0.25, 0.3) is 5.91 Å². The number of nitrogens with zero attached hydrogens (tertiary/aromatic N) is 1.